The Bertz CT molecular complexity index is 457. The van der Waals surface area contributed by atoms with Crippen molar-refractivity contribution in [2.24, 2.45) is 5.73 Å². The van der Waals surface area contributed by atoms with Crippen molar-refractivity contribution in [1.29, 1.82) is 0 Å². The van der Waals surface area contributed by atoms with Gasteiger partial charge in [-0.05, 0) is 38.0 Å². The van der Waals surface area contributed by atoms with E-state index in [1.54, 1.807) is 0 Å². The number of aromatic nitrogens is 2. The second-order valence-electron chi connectivity index (χ2n) is 4.04. The Hall–Kier alpha value is -1.35. The van der Waals surface area contributed by atoms with Gasteiger partial charge in [0.05, 0.1) is 17.4 Å². The topological polar surface area (TPSA) is 43.8 Å². The number of nitrogens with zero attached hydrogens (tertiary/aromatic N) is 2. The zero-order valence-corrected chi connectivity index (χ0v) is 9.27. The summed E-state index contributed by atoms with van der Waals surface area (Å²) in [5, 5.41) is 0. The van der Waals surface area contributed by atoms with E-state index in [0.717, 1.165) is 18.5 Å². The molecule has 0 radical (unpaired) electrons. The van der Waals surface area contributed by atoms with Crippen LogP contribution in [0, 0.1) is 0 Å². The van der Waals surface area contributed by atoms with E-state index in [9.17, 15) is 0 Å². The largest absolute Gasteiger partial charge is 0.331 e. The van der Waals surface area contributed by atoms with Crippen molar-refractivity contribution in [2.45, 2.75) is 32.9 Å². The molecule has 2 aromatic rings. The number of benzene rings is 1. The third kappa shape index (κ3) is 2.02. The fourth-order valence-corrected chi connectivity index (χ4v) is 1.86. The minimum absolute atomic E-state index is 0.204. The molecule has 80 valence electrons. The molecule has 1 heterocycles. The summed E-state index contributed by atoms with van der Waals surface area (Å²) in [5.74, 6) is 0. The van der Waals surface area contributed by atoms with E-state index in [-0.39, 0.29) is 6.04 Å². The molecule has 1 atom stereocenters. The summed E-state index contributed by atoms with van der Waals surface area (Å²) in [6.07, 6.45) is 2.80. The van der Waals surface area contributed by atoms with Gasteiger partial charge in [0.2, 0.25) is 0 Å². The van der Waals surface area contributed by atoms with Crippen LogP contribution in [0.4, 0.5) is 0 Å². The zero-order valence-electron chi connectivity index (χ0n) is 9.27. The summed E-state index contributed by atoms with van der Waals surface area (Å²) in [6, 6.07) is 6.60. The van der Waals surface area contributed by atoms with E-state index in [2.05, 4.69) is 34.7 Å². The highest BCUT2D eigenvalue weighted by Gasteiger charge is 2.03. The predicted molar refractivity (Wildman–Crippen MR) is 62.8 cm³/mol. The normalized spacial score (nSPS) is 13.3. The summed E-state index contributed by atoms with van der Waals surface area (Å²) < 4.78 is 2.14. The molecular formula is C12H17N3. The van der Waals surface area contributed by atoms with Crippen LogP contribution in [-0.4, -0.2) is 15.6 Å². The number of imidazole rings is 1. The summed E-state index contributed by atoms with van der Waals surface area (Å²) in [5.41, 5.74) is 9.30. The number of hydrogen-bond donors (Lipinski definition) is 1. The van der Waals surface area contributed by atoms with Crippen LogP contribution in [-0.2, 0) is 13.0 Å². The lowest BCUT2D eigenvalue weighted by atomic mass is 10.1. The first-order valence-corrected chi connectivity index (χ1v) is 5.40. The quantitative estimate of drug-likeness (QED) is 0.828. The first-order valence-electron chi connectivity index (χ1n) is 5.40. The van der Waals surface area contributed by atoms with Crippen molar-refractivity contribution >= 4 is 11.0 Å². The number of fused-ring (bicyclic) bond motifs is 1. The number of nitrogens with two attached hydrogens (primary N) is 1. The second-order valence-corrected chi connectivity index (χ2v) is 4.04. The summed E-state index contributed by atoms with van der Waals surface area (Å²) in [6.45, 7) is 5.11. The molecule has 0 aliphatic carbocycles. The highest BCUT2D eigenvalue weighted by Crippen LogP contribution is 2.15. The van der Waals surface area contributed by atoms with Gasteiger partial charge in [-0.3, -0.25) is 0 Å². The molecule has 2 rings (SSSR count). The molecule has 2 N–H and O–H groups in total. The molecular weight excluding hydrogens is 186 g/mol. The van der Waals surface area contributed by atoms with E-state index in [1.165, 1.54) is 11.1 Å². The Balaban J connectivity index is 2.39. The molecule has 1 aromatic carbocycles. The van der Waals surface area contributed by atoms with Gasteiger partial charge < -0.3 is 10.3 Å². The van der Waals surface area contributed by atoms with Gasteiger partial charge in [0.15, 0.2) is 0 Å². The fraction of sp³-hybridized carbons (Fsp3) is 0.417. The molecule has 0 bridgehead atoms. The Morgan fingerprint density at radius 1 is 1.47 bits per heavy atom. The van der Waals surface area contributed by atoms with Crippen LogP contribution in [0.1, 0.15) is 19.4 Å². The summed E-state index contributed by atoms with van der Waals surface area (Å²) >= 11 is 0. The molecule has 3 nitrogen and oxygen atoms in total. The smallest absolute Gasteiger partial charge is 0.0958 e. The molecule has 1 aromatic heterocycles. The maximum absolute atomic E-state index is 5.77. The minimum Gasteiger partial charge on any atom is -0.331 e. The van der Waals surface area contributed by atoms with E-state index in [4.69, 9.17) is 5.73 Å². The molecule has 3 heteroatoms. The van der Waals surface area contributed by atoms with E-state index < -0.39 is 0 Å². The summed E-state index contributed by atoms with van der Waals surface area (Å²) in [4.78, 5) is 4.38. The highest BCUT2D eigenvalue weighted by molar-refractivity contribution is 5.76. The van der Waals surface area contributed by atoms with Crippen molar-refractivity contribution in [1.82, 2.24) is 9.55 Å². The maximum Gasteiger partial charge on any atom is 0.0958 e. The molecule has 0 fully saturated rings. The Morgan fingerprint density at radius 2 is 2.27 bits per heavy atom. The molecule has 15 heavy (non-hydrogen) atoms. The molecule has 0 saturated carbocycles. The maximum atomic E-state index is 5.77. The lowest BCUT2D eigenvalue weighted by Gasteiger charge is -2.05. The Kier molecular flexibility index (Phi) is 2.73. The van der Waals surface area contributed by atoms with Gasteiger partial charge in [-0.1, -0.05) is 6.07 Å². The van der Waals surface area contributed by atoms with Gasteiger partial charge in [0, 0.05) is 12.6 Å². The predicted octanol–water partition coefficient (Wildman–Crippen LogP) is 1.95. The number of rotatable bonds is 3. The molecule has 1 unspecified atom stereocenters. The zero-order chi connectivity index (χ0) is 10.8. The Morgan fingerprint density at radius 3 is 2.93 bits per heavy atom. The van der Waals surface area contributed by atoms with Crippen LogP contribution < -0.4 is 5.73 Å². The van der Waals surface area contributed by atoms with Gasteiger partial charge >= 0.3 is 0 Å². The van der Waals surface area contributed by atoms with Crippen LogP contribution in [0.5, 0.6) is 0 Å². The minimum atomic E-state index is 0.204. The SMILES string of the molecule is CCn1cnc2cc(CC(C)N)ccc21. The summed E-state index contributed by atoms with van der Waals surface area (Å²) in [7, 11) is 0. The number of hydrogen-bond acceptors (Lipinski definition) is 2. The first-order chi connectivity index (χ1) is 7.20. The van der Waals surface area contributed by atoms with Crippen LogP contribution in [0.3, 0.4) is 0 Å². The standard InChI is InChI=1S/C12H17N3/c1-3-15-8-14-11-7-10(6-9(2)13)4-5-12(11)15/h4-5,7-9H,3,6,13H2,1-2H3. The van der Waals surface area contributed by atoms with Gasteiger partial charge in [-0.2, -0.15) is 0 Å². The van der Waals surface area contributed by atoms with Crippen molar-refractivity contribution in [2.75, 3.05) is 0 Å². The molecule has 0 amide bonds. The van der Waals surface area contributed by atoms with Crippen LogP contribution in [0.15, 0.2) is 24.5 Å². The lowest BCUT2D eigenvalue weighted by molar-refractivity contribution is 0.738. The highest BCUT2D eigenvalue weighted by atomic mass is 15.0. The van der Waals surface area contributed by atoms with E-state index in [1.807, 2.05) is 13.3 Å². The van der Waals surface area contributed by atoms with Crippen molar-refractivity contribution in [3.63, 3.8) is 0 Å². The van der Waals surface area contributed by atoms with Crippen molar-refractivity contribution in [3.8, 4) is 0 Å². The first kappa shape index (κ1) is 10.2. The van der Waals surface area contributed by atoms with Crippen molar-refractivity contribution in [3.05, 3.63) is 30.1 Å². The molecule has 0 spiro atoms. The van der Waals surface area contributed by atoms with E-state index in [0.29, 0.717) is 0 Å². The second kappa shape index (κ2) is 4.03. The third-order valence-corrected chi connectivity index (χ3v) is 2.58. The monoisotopic (exact) mass is 203 g/mol. The molecule has 0 aliphatic rings. The molecule has 0 aliphatic heterocycles. The number of aryl methyl sites for hydroxylation is 1. The Labute approximate surface area is 89.9 Å². The van der Waals surface area contributed by atoms with Gasteiger partial charge in [0.25, 0.3) is 0 Å². The lowest BCUT2D eigenvalue weighted by Crippen LogP contribution is -2.17. The van der Waals surface area contributed by atoms with Gasteiger partial charge in [0.1, 0.15) is 0 Å². The van der Waals surface area contributed by atoms with Crippen LogP contribution in [0.2, 0.25) is 0 Å². The molecule has 0 saturated heterocycles. The third-order valence-electron chi connectivity index (χ3n) is 2.58. The average molecular weight is 203 g/mol. The van der Waals surface area contributed by atoms with Gasteiger partial charge in [-0.15, -0.1) is 0 Å². The van der Waals surface area contributed by atoms with E-state index >= 15 is 0 Å². The average Bonchev–Trinajstić information content (AvgIpc) is 2.58. The van der Waals surface area contributed by atoms with Crippen LogP contribution >= 0.6 is 0 Å². The van der Waals surface area contributed by atoms with Gasteiger partial charge in [-0.25, -0.2) is 4.98 Å². The van der Waals surface area contributed by atoms with Crippen molar-refractivity contribution < 1.29 is 0 Å². The van der Waals surface area contributed by atoms with Crippen LogP contribution in [0.25, 0.3) is 11.0 Å². The fourth-order valence-electron chi connectivity index (χ4n) is 1.86.